The SMILES string of the molecule is CC(C)(C)O[NH2+][O-].[I-]. The third-order valence-electron chi connectivity index (χ3n) is 0.402. The zero-order valence-electron chi connectivity index (χ0n) is 5.27. The minimum atomic E-state index is -0.318. The van der Waals surface area contributed by atoms with Crippen molar-refractivity contribution in [3.05, 3.63) is 5.21 Å². The van der Waals surface area contributed by atoms with Gasteiger partial charge in [0.05, 0.1) is 0 Å². The van der Waals surface area contributed by atoms with E-state index in [4.69, 9.17) is 0 Å². The van der Waals surface area contributed by atoms with E-state index in [1.807, 2.05) is 20.8 Å². The number of hydrogen-bond donors (Lipinski definition) is 1. The summed E-state index contributed by atoms with van der Waals surface area (Å²) < 4.78 is 0. The topological polar surface area (TPSA) is 48.9 Å². The molecule has 0 amide bonds. The van der Waals surface area contributed by atoms with Gasteiger partial charge in [-0.3, -0.25) is 0 Å². The Balaban J connectivity index is 0. The van der Waals surface area contributed by atoms with Crippen molar-refractivity contribution in [2.75, 3.05) is 0 Å². The van der Waals surface area contributed by atoms with E-state index in [-0.39, 0.29) is 29.6 Å². The Labute approximate surface area is 66.3 Å². The van der Waals surface area contributed by atoms with Gasteiger partial charge in [-0.25, -0.2) is 10.5 Å². The van der Waals surface area contributed by atoms with Crippen LogP contribution in [0.1, 0.15) is 20.8 Å². The van der Waals surface area contributed by atoms with Crippen LogP contribution in [-0.4, -0.2) is 5.60 Å². The zero-order chi connectivity index (χ0) is 5.91. The van der Waals surface area contributed by atoms with Gasteiger partial charge in [-0.05, 0) is 20.8 Å². The molecule has 0 aliphatic heterocycles. The van der Waals surface area contributed by atoms with Gasteiger partial charge >= 0.3 is 0 Å². The molecule has 0 saturated carbocycles. The van der Waals surface area contributed by atoms with Crippen LogP contribution in [0.4, 0.5) is 0 Å². The first-order valence-corrected chi connectivity index (χ1v) is 2.18. The highest BCUT2D eigenvalue weighted by molar-refractivity contribution is 4.53. The van der Waals surface area contributed by atoms with Crippen molar-refractivity contribution < 1.29 is 34.5 Å². The molecule has 0 aromatic rings. The highest BCUT2D eigenvalue weighted by Crippen LogP contribution is 1.99. The van der Waals surface area contributed by atoms with Crippen molar-refractivity contribution >= 4 is 0 Å². The van der Waals surface area contributed by atoms with E-state index >= 15 is 0 Å². The van der Waals surface area contributed by atoms with Gasteiger partial charge in [0.25, 0.3) is 0 Å². The monoisotopic (exact) mass is 232 g/mol. The van der Waals surface area contributed by atoms with Crippen LogP contribution >= 0.6 is 0 Å². The van der Waals surface area contributed by atoms with Crippen molar-refractivity contribution in [3.63, 3.8) is 0 Å². The van der Waals surface area contributed by atoms with Gasteiger partial charge in [0.15, 0.2) is 0 Å². The molecule has 0 aromatic carbocycles. The van der Waals surface area contributed by atoms with Crippen molar-refractivity contribution in [2.45, 2.75) is 26.4 Å². The number of hydrogen-bond acceptors (Lipinski definition) is 2. The van der Waals surface area contributed by atoms with E-state index in [1.165, 1.54) is 0 Å². The lowest BCUT2D eigenvalue weighted by Gasteiger charge is -2.15. The predicted molar refractivity (Wildman–Crippen MR) is 26.1 cm³/mol. The van der Waals surface area contributed by atoms with Crippen molar-refractivity contribution in [3.8, 4) is 0 Å². The van der Waals surface area contributed by atoms with Gasteiger partial charge < -0.3 is 29.2 Å². The van der Waals surface area contributed by atoms with Crippen LogP contribution in [0.2, 0.25) is 0 Å². The van der Waals surface area contributed by atoms with Crippen LogP contribution in [0.25, 0.3) is 0 Å². The second-order valence-electron chi connectivity index (χ2n) is 2.33. The summed E-state index contributed by atoms with van der Waals surface area (Å²) in [5, 5.41) is 9.60. The molecule has 0 unspecified atom stereocenters. The molecule has 0 aliphatic carbocycles. The van der Waals surface area contributed by atoms with Gasteiger partial charge in [-0.1, -0.05) is 0 Å². The van der Waals surface area contributed by atoms with Crippen LogP contribution in [0, 0.1) is 5.21 Å². The fourth-order valence-corrected chi connectivity index (χ4v) is 0.144. The molecule has 0 heterocycles. The smallest absolute Gasteiger partial charge is 0.119 e. The van der Waals surface area contributed by atoms with E-state index in [1.54, 1.807) is 0 Å². The highest BCUT2D eigenvalue weighted by Gasteiger charge is 2.10. The standard InChI is InChI=1S/C4H11NO2.HI/c1-4(2,3)7-5-6;/h5H2,1-3H3;1H/p-1. The van der Waals surface area contributed by atoms with Crippen LogP contribution in [0.15, 0.2) is 0 Å². The summed E-state index contributed by atoms with van der Waals surface area (Å²) in [7, 11) is 0. The second kappa shape index (κ2) is 4.49. The fraction of sp³-hybridized carbons (Fsp3) is 1.00. The van der Waals surface area contributed by atoms with Gasteiger partial charge in [-0.2, -0.15) is 0 Å². The summed E-state index contributed by atoms with van der Waals surface area (Å²) in [5.41, 5.74) is 0.141. The lowest BCUT2D eigenvalue weighted by Crippen LogP contribution is -3.00. The van der Waals surface area contributed by atoms with Crippen molar-refractivity contribution in [1.82, 2.24) is 0 Å². The first-order chi connectivity index (χ1) is 3.06. The molecule has 0 saturated heterocycles. The third-order valence-corrected chi connectivity index (χ3v) is 0.402. The largest absolute Gasteiger partial charge is 1.00 e. The lowest BCUT2D eigenvalue weighted by atomic mass is 10.2. The molecule has 52 valence electrons. The number of halogens is 1. The maximum Gasteiger partial charge on any atom is 0.119 e. The Kier molecular flexibility index (Phi) is 6.40. The highest BCUT2D eigenvalue weighted by atomic mass is 127. The first-order valence-electron chi connectivity index (χ1n) is 2.18. The van der Waals surface area contributed by atoms with E-state index in [2.05, 4.69) is 4.84 Å². The zero-order valence-corrected chi connectivity index (χ0v) is 7.43. The molecular formula is C4H11INO2-. The normalized spacial score (nSPS) is 10.5. The number of rotatable bonds is 1. The summed E-state index contributed by atoms with van der Waals surface area (Å²) in [6.45, 7) is 5.46. The molecule has 0 aromatic heterocycles. The van der Waals surface area contributed by atoms with Crippen LogP contribution < -0.4 is 29.6 Å². The van der Waals surface area contributed by atoms with Gasteiger partial charge in [0.1, 0.15) is 5.60 Å². The molecule has 0 rings (SSSR count). The Bertz CT molecular complexity index is 52.5. The molecule has 3 nitrogen and oxygen atoms in total. The molecular weight excluding hydrogens is 221 g/mol. The first kappa shape index (κ1) is 11.4. The average molecular weight is 232 g/mol. The van der Waals surface area contributed by atoms with Gasteiger partial charge in [0.2, 0.25) is 0 Å². The Morgan fingerprint density at radius 1 is 1.38 bits per heavy atom. The van der Waals surface area contributed by atoms with Crippen LogP contribution in [-0.2, 0) is 4.84 Å². The molecule has 0 spiro atoms. The van der Waals surface area contributed by atoms with Gasteiger partial charge in [0, 0.05) is 0 Å². The average Bonchev–Trinajstić information content (AvgIpc) is 1.30. The van der Waals surface area contributed by atoms with E-state index in [0.29, 0.717) is 5.64 Å². The molecule has 0 radical (unpaired) electrons. The summed E-state index contributed by atoms with van der Waals surface area (Å²) in [4.78, 5) is 4.55. The quantitative estimate of drug-likeness (QED) is 0.382. The molecule has 2 N–H and O–H groups in total. The van der Waals surface area contributed by atoms with Gasteiger partial charge in [-0.15, -0.1) is 0 Å². The van der Waals surface area contributed by atoms with E-state index < -0.39 is 0 Å². The maximum absolute atomic E-state index is 9.60. The molecule has 0 bridgehead atoms. The minimum Gasteiger partial charge on any atom is -1.00 e. The summed E-state index contributed by atoms with van der Waals surface area (Å²) >= 11 is 0. The Hall–Kier alpha value is 0.610. The lowest BCUT2D eigenvalue weighted by molar-refractivity contribution is -0.867. The number of quaternary nitrogens is 1. The molecule has 8 heavy (non-hydrogen) atoms. The van der Waals surface area contributed by atoms with E-state index in [0.717, 1.165) is 0 Å². The summed E-state index contributed by atoms with van der Waals surface area (Å²) in [5.74, 6) is 0. The van der Waals surface area contributed by atoms with Crippen molar-refractivity contribution in [2.24, 2.45) is 0 Å². The number of nitrogens with two attached hydrogens (primary N) is 1. The Morgan fingerprint density at radius 2 is 1.75 bits per heavy atom. The molecule has 0 fully saturated rings. The van der Waals surface area contributed by atoms with Crippen molar-refractivity contribution in [1.29, 1.82) is 0 Å². The maximum atomic E-state index is 9.60. The molecule has 0 aliphatic rings. The van der Waals surface area contributed by atoms with Crippen LogP contribution in [0.3, 0.4) is 0 Å². The Morgan fingerprint density at radius 3 is 1.75 bits per heavy atom. The summed E-state index contributed by atoms with van der Waals surface area (Å²) in [6, 6.07) is 0. The molecule has 4 heteroatoms. The van der Waals surface area contributed by atoms with E-state index in [9.17, 15) is 5.21 Å². The predicted octanol–water partition coefficient (Wildman–Crippen LogP) is -3.22. The minimum absolute atomic E-state index is 0. The summed E-state index contributed by atoms with van der Waals surface area (Å²) in [6.07, 6.45) is 0. The second-order valence-corrected chi connectivity index (χ2v) is 2.33. The third kappa shape index (κ3) is 9.79. The molecule has 0 atom stereocenters. The van der Waals surface area contributed by atoms with Crippen LogP contribution in [0.5, 0.6) is 0 Å². The fourth-order valence-electron chi connectivity index (χ4n) is 0.144.